The molecule has 0 aromatic carbocycles. The highest BCUT2D eigenvalue weighted by atomic mass is 16.7. The van der Waals surface area contributed by atoms with Crippen LogP contribution in [0.3, 0.4) is 0 Å². The predicted molar refractivity (Wildman–Crippen MR) is 322 cm³/mol. The first-order chi connectivity index (χ1) is 38.6. The zero-order valence-electron chi connectivity index (χ0n) is 50.6. The fourth-order valence-electron chi connectivity index (χ4n) is 9.85. The Labute approximate surface area is 482 Å². The fourth-order valence-corrected chi connectivity index (χ4v) is 9.85. The van der Waals surface area contributed by atoms with Gasteiger partial charge in [-0.15, -0.1) is 0 Å². The average molecular weight is 1120 g/mol. The van der Waals surface area contributed by atoms with Crippen LogP contribution in [-0.4, -0.2) is 89.2 Å². The van der Waals surface area contributed by atoms with Crippen molar-refractivity contribution >= 4 is 23.9 Å². The summed E-state index contributed by atoms with van der Waals surface area (Å²) in [5.74, 6) is -3.12. The molecule has 1 saturated heterocycles. The van der Waals surface area contributed by atoms with Crippen molar-refractivity contribution in [1.82, 2.24) is 0 Å². The maximum absolute atomic E-state index is 13.2. The highest BCUT2D eigenvalue weighted by Gasteiger charge is 2.50. The summed E-state index contributed by atoms with van der Waals surface area (Å²) in [5, 5.41) is 31.5. The fraction of sp³-hybridized carbons (Fsp3) is 0.821. The number of esters is 3. The van der Waals surface area contributed by atoms with E-state index in [4.69, 9.17) is 23.7 Å². The molecule has 0 aromatic rings. The number of allylic oxidation sites excluding steroid dienone is 8. The van der Waals surface area contributed by atoms with Crippen LogP contribution in [0, 0.1) is 0 Å². The standard InChI is InChI=1S/C67H118O12/c1-4-7-10-13-16-19-22-25-27-29-30-32-33-36-38-41-44-47-50-53-59(68)75-56-58(77-60(69)54-51-48-45-42-40-37-34-31-28-26-23-20-17-14-11-8-5-2)57-76-67-65(63(72)62(71)64(79-67)66(73)74)78-61(70)55-52-49-46-43-39-35-24-21-18-15-12-9-6-3/h12,15,17,20-21,24,26,28,58,62-65,67,71-72H,4-11,13-14,16,18-19,22-23,25,27,29-57H2,1-3H3,(H,73,74)/b15-12-,20-17-,24-21-,28-26-. The predicted octanol–water partition coefficient (Wildman–Crippen LogP) is 17.3. The van der Waals surface area contributed by atoms with Gasteiger partial charge in [-0.1, -0.05) is 256 Å². The number of carbonyl (C=O) groups excluding carboxylic acids is 3. The normalized spacial score (nSPS) is 18.1. The summed E-state index contributed by atoms with van der Waals surface area (Å²) >= 11 is 0. The number of aliphatic hydroxyl groups excluding tert-OH is 2. The van der Waals surface area contributed by atoms with Gasteiger partial charge in [0, 0.05) is 19.3 Å². The summed E-state index contributed by atoms with van der Waals surface area (Å²) in [4.78, 5) is 51.3. The monoisotopic (exact) mass is 1110 g/mol. The van der Waals surface area contributed by atoms with Gasteiger partial charge in [-0.25, -0.2) is 4.79 Å². The van der Waals surface area contributed by atoms with E-state index in [0.717, 1.165) is 109 Å². The van der Waals surface area contributed by atoms with Gasteiger partial charge in [0.05, 0.1) is 6.61 Å². The van der Waals surface area contributed by atoms with E-state index >= 15 is 0 Å². The van der Waals surface area contributed by atoms with Crippen LogP contribution in [0.25, 0.3) is 0 Å². The van der Waals surface area contributed by atoms with Crippen molar-refractivity contribution in [2.24, 2.45) is 0 Å². The average Bonchev–Trinajstić information content (AvgIpc) is 3.46. The number of ether oxygens (including phenoxy) is 5. The second-order valence-electron chi connectivity index (χ2n) is 22.4. The minimum Gasteiger partial charge on any atom is -0.479 e. The Morgan fingerprint density at radius 3 is 1.22 bits per heavy atom. The molecule has 1 aliphatic rings. The molecule has 12 heteroatoms. The van der Waals surface area contributed by atoms with Crippen molar-refractivity contribution in [1.29, 1.82) is 0 Å². The summed E-state index contributed by atoms with van der Waals surface area (Å²) in [6.07, 6.45) is 55.0. The molecule has 1 aliphatic heterocycles. The van der Waals surface area contributed by atoms with Crippen LogP contribution in [0.2, 0.25) is 0 Å². The molecule has 1 rings (SSSR count). The third-order valence-electron chi connectivity index (χ3n) is 14.9. The van der Waals surface area contributed by atoms with E-state index in [-0.39, 0.29) is 25.9 Å². The lowest BCUT2D eigenvalue weighted by atomic mass is 9.98. The molecule has 6 atom stereocenters. The summed E-state index contributed by atoms with van der Waals surface area (Å²) in [6.45, 7) is 5.93. The second kappa shape index (κ2) is 55.2. The van der Waals surface area contributed by atoms with Gasteiger partial charge in [0.25, 0.3) is 0 Å². The maximum atomic E-state index is 13.2. The Morgan fingerprint density at radius 2 is 0.785 bits per heavy atom. The van der Waals surface area contributed by atoms with Crippen molar-refractivity contribution in [3.8, 4) is 0 Å². The number of carbonyl (C=O) groups is 4. The molecule has 0 bridgehead atoms. The highest BCUT2D eigenvalue weighted by molar-refractivity contribution is 5.74. The van der Waals surface area contributed by atoms with Gasteiger partial charge < -0.3 is 39.0 Å². The molecule has 6 unspecified atom stereocenters. The Bertz CT molecular complexity index is 1560. The van der Waals surface area contributed by atoms with Gasteiger partial charge in [-0.05, 0) is 77.0 Å². The maximum Gasteiger partial charge on any atom is 0.335 e. The van der Waals surface area contributed by atoms with Crippen LogP contribution in [0.5, 0.6) is 0 Å². The van der Waals surface area contributed by atoms with Crippen molar-refractivity contribution < 1.29 is 58.2 Å². The minimum atomic E-state index is -1.91. The number of rotatable bonds is 56. The molecule has 12 nitrogen and oxygen atoms in total. The first kappa shape index (κ1) is 73.7. The molecular formula is C67H118O12. The van der Waals surface area contributed by atoms with E-state index in [1.54, 1.807) is 0 Å². The first-order valence-corrected chi connectivity index (χ1v) is 32.6. The first-order valence-electron chi connectivity index (χ1n) is 32.6. The summed E-state index contributed by atoms with van der Waals surface area (Å²) in [7, 11) is 0. The lowest BCUT2D eigenvalue weighted by Crippen LogP contribution is -2.61. The van der Waals surface area contributed by atoms with Crippen LogP contribution in [0.4, 0.5) is 0 Å². The molecular weight excluding hydrogens is 997 g/mol. The molecule has 458 valence electrons. The quantitative estimate of drug-likeness (QED) is 0.0228. The van der Waals surface area contributed by atoms with Crippen LogP contribution in [0.1, 0.15) is 303 Å². The minimum absolute atomic E-state index is 0.0449. The second-order valence-corrected chi connectivity index (χ2v) is 22.4. The van der Waals surface area contributed by atoms with Crippen LogP contribution < -0.4 is 0 Å². The molecule has 0 aromatic heterocycles. The Balaban J connectivity index is 2.65. The van der Waals surface area contributed by atoms with E-state index in [0.29, 0.717) is 19.3 Å². The summed E-state index contributed by atoms with van der Waals surface area (Å²) < 4.78 is 28.5. The van der Waals surface area contributed by atoms with Gasteiger partial charge in [-0.2, -0.15) is 0 Å². The lowest BCUT2D eigenvalue weighted by molar-refractivity contribution is -0.301. The van der Waals surface area contributed by atoms with Crippen LogP contribution in [0.15, 0.2) is 48.6 Å². The lowest BCUT2D eigenvalue weighted by Gasteiger charge is -2.40. The third kappa shape index (κ3) is 45.0. The molecule has 0 aliphatic carbocycles. The van der Waals surface area contributed by atoms with Crippen LogP contribution in [-0.2, 0) is 42.9 Å². The van der Waals surface area contributed by atoms with Gasteiger partial charge in [-0.3, -0.25) is 14.4 Å². The largest absolute Gasteiger partial charge is 0.479 e. The number of carboxylic acid groups (broad SMARTS) is 1. The van der Waals surface area contributed by atoms with Gasteiger partial charge in [0.2, 0.25) is 0 Å². The van der Waals surface area contributed by atoms with E-state index in [1.807, 2.05) is 0 Å². The number of aliphatic hydroxyl groups is 2. The van der Waals surface area contributed by atoms with E-state index < -0.39 is 67.3 Å². The van der Waals surface area contributed by atoms with Crippen molar-refractivity contribution in [2.75, 3.05) is 13.2 Å². The van der Waals surface area contributed by atoms with E-state index in [1.165, 1.54) is 135 Å². The molecule has 3 N–H and O–H groups in total. The molecule has 1 fully saturated rings. The topological polar surface area (TPSA) is 175 Å². The number of hydrogen-bond acceptors (Lipinski definition) is 11. The van der Waals surface area contributed by atoms with E-state index in [9.17, 15) is 34.5 Å². The molecule has 0 radical (unpaired) electrons. The van der Waals surface area contributed by atoms with Gasteiger partial charge >= 0.3 is 23.9 Å². The Morgan fingerprint density at radius 1 is 0.418 bits per heavy atom. The molecule has 0 amide bonds. The summed E-state index contributed by atoms with van der Waals surface area (Å²) in [6, 6.07) is 0. The Hall–Kier alpha value is -3.32. The number of hydrogen-bond donors (Lipinski definition) is 3. The number of carboxylic acids is 1. The molecule has 79 heavy (non-hydrogen) atoms. The molecule has 0 saturated carbocycles. The molecule has 1 heterocycles. The van der Waals surface area contributed by atoms with Gasteiger partial charge in [0.15, 0.2) is 24.6 Å². The third-order valence-corrected chi connectivity index (χ3v) is 14.9. The van der Waals surface area contributed by atoms with Crippen molar-refractivity contribution in [3.63, 3.8) is 0 Å². The van der Waals surface area contributed by atoms with Crippen molar-refractivity contribution in [2.45, 2.75) is 340 Å². The SMILES string of the molecule is CCC/C=C\C/C=C\CCCCCCCC(=O)OC1C(OCC(COC(=O)CCCCCCCCCCCCCCCCCCCCC)OC(=O)CCCCCCCCC/C=C\C/C=C\CCCCC)OC(C(=O)O)C(O)C1O. The number of unbranched alkanes of at least 4 members (excludes halogenated alkanes) is 34. The van der Waals surface area contributed by atoms with E-state index in [2.05, 4.69) is 69.4 Å². The highest BCUT2D eigenvalue weighted by Crippen LogP contribution is 2.27. The van der Waals surface area contributed by atoms with Gasteiger partial charge in [0.1, 0.15) is 18.8 Å². The van der Waals surface area contributed by atoms with Crippen LogP contribution >= 0.6 is 0 Å². The zero-order valence-corrected chi connectivity index (χ0v) is 50.6. The zero-order chi connectivity index (χ0) is 57.5. The smallest absolute Gasteiger partial charge is 0.335 e. The Kier molecular flexibility index (Phi) is 51.5. The molecule has 0 spiro atoms. The van der Waals surface area contributed by atoms with Crippen molar-refractivity contribution in [3.05, 3.63) is 48.6 Å². The number of aliphatic carboxylic acids is 1. The summed E-state index contributed by atoms with van der Waals surface area (Å²) in [5.41, 5.74) is 0.